The smallest absolute Gasteiger partial charge is 0.305 e. The molecular weight excluding hydrogens is 240 g/mol. The fourth-order valence-electron chi connectivity index (χ4n) is 1.54. The molecule has 0 amide bonds. The molecule has 17 heavy (non-hydrogen) atoms. The minimum atomic E-state index is -0.295. The molecule has 1 unspecified atom stereocenters. The van der Waals surface area contributed by atoms with Crippen LogP contribution >= 0.6 is 11.6 Å². The van der Waals surface area contributed by atoms with E-state index in [1.54, 1.807) is 24.3 Å². The Bertz CT molecular complexity index is 415. The monoisotopic (exact) mass is 254 g/mol. The first-order valence-electron chi connectivity index (χ1n) is 5.38. The Balaban J connectivity index is 2.57. The fourth-order valence-corrected chi connectivity index (χ4v) is 1.73. The molecule has 92 valence electrons. The zero-order valence-electron chi connectivity index (χ0n) is 9.90. The summed E-state index contributed by atoms with van der Waals surface area (Å²) in [6.07, 6.45) is 0.568. The van der Waals surface area contributed by atoms with E-state index in [-0.39, 0.29) is 24.1 Å². The molecule has 0 fully saturated rings. The van der Waals surface area contributed by atoms with Gasteiger partial charge in [0, 0.05) is 23.4 Å². The van der Waals surface area contributed by atoms with Crippen LogP contribution in [0.2, 0.25) is 5.02 Å². The number of esters is 1. The second-order valence-electron chi connectivity index (χ2n) is 4.02. The molecule has 1 rings (SSSR count). The number of methoxy groups -OCH3 is 1. The average Bonchev–Trinajstić information content (AvgIpc) is 2.28. The van der Waals surface area contributed by atoms with E-state index in [1.807, 2.05) is 6.92 Å². The van der Waals surface area contributed by atoms with Crippen LogP contribution in [-0.2, 0) is 9.53 Å². The summed E-state index contributed by atoms with van der Waals surface area (Å²) in [7, 11) is 1.34. The second-order valence-corrected chi connectivity index (χ2v) is 4.46. The van der Waals surface area contributed by atoms with Crippen molar-refractivity contribution in [3.8, 4) is 0 Å². The van der Waals surface area contributed by atoms with Crippen LogP contribution in [0.4, 0.5) is 0 Å². The van der Waals surface area contributed by atoms with Crippen LogP contribution in [0.5, 0.6) is 0 Å². The lowest BCUT2D eigenvalue weighted by atomic mass is 9.97. The predicted molar refractivity (Wildman–Crippen MR) is 66.2 cm³/mol. The highest BCUT2D eigenvalue weighted by Gasteiger charge is 2.15. The molecule has 1 aromatic carbocycles. The molecule has 0 bridgehead atoms. The summed E-state index contributed by atoms with van der Waals surface area (Å²) >= 11 is 5.81. The van der Waals surface area contributed by atoms with Crippen LogP contribution in [-0.4, -0.2) is 18.9 Å². The van der Waals surface area contributed by atoms with Gasteiger partial charge in [0.05, 0.1) is 7.11 Å². The number of carbonyl (C=O) groups excluding carboxylic acids is 2. The Kier molecular flexibility index (Phi) is 5.16. The van der Waals surface area contributed by atoms with E-state index in [2.05, 4.69) is 4.74 Å². The molecule has 0 aliphatic rings. The summed E-state index contributed by atoms with van der Waals surface area (Å²) in [6.45, 7) is 1.85. The molecule has 3 nitrogen and oxygen atoms in total. The van der Waals surface area contributed by atoms with Crippen molar-refractivity contribution in [3.63, 3.8) is 0 Å². The standard InChI is InChI=1S/C13H15ClO3/c1-9(7-13(16)17-2)6-12(15)10-4-3-5-11(14)8-10/h3-5,8-9H,6-7H2,1-2H3. The normalized spacial score (nSPS) is 11.9. The van der Waals surface area contributed by atoms with Crippen LogP contribution < -0.4 is 0 Å². The van der Waals surface area contributed by atoms with Crippen molar-refractivity contribution in [1.82, 2.24) is 0 Å². The maximum absolute atomic E-state index is 11.9. The van der Waals surface area contributed by atoms with E-state index in [0.29, 0.717) is 17.0 Å². The van der Waals surface area contributed by atoms with Gasteiger partial charge in [0.25, 0.3) is 0 Å². The van der Waals surface area contributed by atoms with Gasteiger partial charge in [-0.15, -0.1) is 0 Å². The van der Waals surface area contributed by atoms with Crippen molar-refractivity contribution in [2.24, 2.45) is 5.92 Å². The fraction of sp³-hybridized carbons (Fsp3) is 0.385. The number of halogens is 1. The molecule has 0 saturated heterocycles. The van der Waals surface area contributed by atoms with Crippen LogP contribution in [0.1, 0.15) is 30.1 Å². The Morgan fingerprint density at radius 1 is 1.35 bits per heavy atom. The summed E-state index contributed by atoms with van der Waals surface area (Å²) in [5, 5.41) is 0.538. The van der Waals surface area contributed by atoms with Crippen LogP contribution in [0, 0.1) is 5.92 Å². The number of ether oxygens (including phenoxy) is 1. The topological polar surface area (TPSA) is 43.4 Å². The molecule has 0 radical (unpaired) electrons. The van der Waals surface area contributed by atoms with E-state index < -0.39 is 0 Å². The minimum Gasteiger partial charge on any atom is -0.469 e. The third-order valence-electron chi connectivity index (χ3n) is 2.42. The number of hydrogen-bond acceptors (Lipinski definition) is 3. The Hall–Kier alpha value is -1.35. The van der Waals surface area contributed by atoms with Gasteiger partial charge >= 0.3 is 5.97 Å². The van der Waals surface area contributed by atoms with Crippen LogP contribution in [0.15, 0.2) is 24.3 Å². The zero-order valence-corrected chi connectivity index (χ0v) is 10.7. The summed E-state index contributed by atoms with van der Waals surface area (Å²) in [4.78, 5) is 22.9. The Morgan fingerprint density at radius 2 is 2.06 bits per heavy atom. The highest BCUT2D eigenvalue weighted by molar-refractivity contribution is 6.31. The third kappa shape index (κ3) is 4.57. The molecule has 1 aromatic rings. The van der Waals surface area contributed by atoms with Crippen LogP contribution in [0.25, 0.3) is 0 Å². The van der Waals surface area contributed by atoms with Crippen molar-refractivity contribution in [2.45, 2.75) is 19.8 Å². The van der Waals surface area contributed by atoms with Gasteiger partial charge in [-0.3, -0.25) is 9.59 Å². The van der Waals surface area contributed by atoms with Gasteiger partial charge in [-0.1, -0.05) is 30.7 Å². The van der Waals surface area contributed by atoms with Crippen LogP contribution in [0.3, 0.4) is 0 Å². The van der Waals surface area contributed by atoms with E-state index in [9.17, 15) is 9.59 Å². The molecular formula is C13H15ClO3. The number of carbonyl (C=O) groups is 2. The molecule has 0 heterocycles. The highest BCUT2D eigenvalue weighted by atomic mass is 35.5. The largest absolute Gasteiger partial charge is 0.469 e. The van der Waals surface area contributed by atoms with E-state index in [1.165, 1.54) is 7.11 Å². The minimum absolute atomic E-state index is 0.0103. The number of benzene rings is 1. The van der Waals surface area contributed by atoms with Crippen molar-refractivity contribution >= 4 is 23.4 Å². The second kappa shape index (κ2) is 6.40. The molecule has 0 spiro atoms. The van der Waals surface area contributed by atoms with E-state index >= 15 is 0 Å². The molecule has 0 N–H and O–H groups in total. The van der Waals surface area contributed by atoms with E-state index in [0.717, 1.165) is 0 Å². The molecule has 0 aromatic heterocycles. The lowest BCUT2D eigenvalue weighted by molar-refractivity contribution is -0.141. The molecule has 4 heteroatoms. The highest BCUT2D eigenvalue weighted by Crippen LogP contribution is 2.16. The van der Waals surface area contributed by atoms with Crippen molar-refractivity contribution in [2.75, 3.05) is 7.11 Å². The van der Waals surface area contributed by atoms with Gasteiger partial charge in [0.15, 0.2) is 5.78 Å². The van der Waals surface area contributed by atoms with E-state index in [4.69, 9.17) is 11.6 Å². The number of Topliss-reactive ketones (excluding diaryl/α,β-unsaturated/α-hetero) is 1. The van der Waals surface area contributed by atoms with Gasteiger partial charge in [-0.25, -0.2) is 0 Å². The summed E-state index contributed by atoms with van der Waals surface area (Å²) < 4.78 is 4.56. The summed E-state index contributed by atoms with van der Waals surface area (Å²) in [5.74, 6) is -0.339. The maximum Gasteiger partial charge on any atom is 0.305 e. The number of hydrogen-bond donors (Lipinski definition) is 0. The first-order chi connectivity index (χ1) is 8.02. The van der Waals surface area contributed by atoms with Crippen molar-refractivity contribution in [3.05, 3.63) is 34.9 Å². The number of ketones is 1. The van der Waals surface area contributed by atoms with Gasteiger partial charge in [0.2, 0.25) is 0 Å². The molecule has 0 saturated carbocycles. The first-order valence-corrected chi connectivity index (χ1v) is 5.76. The van der Waals surface area contributed by atoms with Gasteiger partial charge in [-0.05, 0) is 18.1 Å². The number of rotatable bonds is 5. The third-order valence-corrected chi connectivity index (χ3v) is 2.66. The van der Waals surface area contributed by atoms with Gasteiger partial charge in [-0.2, -0.15) is 0 Å². The average molecular weight is 255 g/mol. The van der Waals surface area contributed by atoms with Gasteiger partial charge in [0.1, 0.15) is 0 Å². The lowest BCUT2D eigenvalue weighted by Crippen LogP contribution is -2.11. The maximum atomic E-state index is 11.9. The zero-order chi connectivity index (χ0) is 12.8. The summed E-state index contributed by atoms with van der Waals surface area (Å²) in [5.41, 5.74) is 0.578. The summed E-state index contributed by atoms with van der Waals surface area (Å²) in [6, 6.07) is 6.81. The SMILES string of the molecule is COC(=O)CC(C)CC(=O)c1cccc(Cl)c1. The first kappa shape index (κ1) is 13.7. The Morgan fingerprint density at radius 3 is 2.65 bits per heavy atom. The molecule has 0 aliphatic heterocycles. The molecule has 0 aliphatic carbocycles. The predicted octanol–water partition coefficient (Wildman–Crippen LogP) is 3.11. The van der Waals surface area contributed by atoms with Crippen molar-refractivity contribution in [1.29, 1.82) is 0 Å². The molecule has 1 atom stereocenters. The van der Waals surface area contributed by atoms with Crippen molar-refractivity contribution < 1.29 is 14.3 Å². The quantitative estimate of drug-likeness (QED) is 0.599. The van der Waals surface area contributed by atoms with Gasteiger partial charge < -0.3 is 4.74 Å². The Labute approximate surface area is 106 Å². The lowest BCUT2D eigenvalue weighted by Gasteiger charge is -2.09.